The van der Waals surface area contributed by atoms with Gasteiger partial charge in [-0.15, -0.1) is 0 Å². The maximum Gasteiger partial charge on any atom is 0.323 e. The van der Waals surface area contributed by atoms with Gasteiger partial charge in [0.1, 0.15) is 12.1 Å². The van der Waals surface area contributed by atoms with Crippen molar-refractivity contribution in [1.82, 2.24) is 9.97 Å². The quantitative estimate of drug-likeness (QED) is 0.426. The minimum absolute atomic E-state index is 0.307. The van der Waals surface area contributed by atoms with Crippen molar-refractivity contribution in [3.63, 3.8) is 0 Å². The van der Waals surface area contributed by atoms with Crippen LogP contribution in [0, 0.1) is 13.8 Å². The number of rotatable bonds is 4. The molecular formula is C23H21N5O. The van der Waals surface area contributed by atoms with Gasteiger partial charge in [-0.25, -0.2) is 14.8 Å². The maximum absolute atomic E-state index is 12.2. The fourth-order valence-corrected chi connectivity index (χ4v) is 3.06. The van der Waals surface area contributed by atoms with Gasteiger partial charge in [-0.05, 0) is 61.4 Å². The predicted molar refractivity (Wildman–Crippen MR) is 118 cm³/mol. The van der Waals surface area contributed by atoms with E-state index >= 15 is 0 Å². The number of aryl methyl sites for hydroxylation is 1. The summed E-state index contributed by atoms with van der Waals surface area (Å²) < 4.78 is 0. The summed E-state index contributed by atoms with van der Waals surface area (Å²) in [5.74, 6) is 0.726. The molecule has 3 aromatic carbocycles. The number of amides is 2. The number of benzene rings is 3. The maximum atomic E-state index is 12.2. The normalized spacial score (nSPS) is 10.6. The summed E-state index contributed by atoms with van der Waals surface area (Å²) in [7, 11) is 0. The third kappa shape index (κ3) is 4.16. The van der Waals surface area contributed by atoms with Gasteiger partial charge >= 0.3 is 6.03 Å². The summed E-state index contributed by atoms with van der Waals surface area (Å²) in [4.78, 5) is 21.0. The van der Waals surface area contributed by atoms with E-state index in [2.05, 4.69) is 45.8 Å². The zero-order chi connectivity index (χ0) is 20.2. The van der Waals surface area contributed by atoms with E-state index in [1.54, 1.807) is 0 Å². The number of nitrogens with zero attached hydrogens (tertiary/aromatic N) is 2. The second-order valence-electron chi connectivity index (χ2n) is 6.77. The molecule has 0 aliphatic rings. The minimum atomic E-state index is -0.307. The molecule has 6 nitrogen and oxygen atoms in total. The first-order valence-corrected chi connectivity index (χ1v) is 9.31. The van der Waals surface area contributed by atoms with Crippen LogP contribution in [0.2, 0.25) is 0 Å². The van der Waals surface area contributed by atoms with Crippen molar-refractivity contribution in [2.45, 2.75) is 13.8 Å². The fourth-order valence-electron chi connectivity index (χ4n) is 3.06. The topological polar surface area (TPSA) is 78.9 Å². The molecule has 2 amide bonds. The van der Waals surface area contributed by atoms with Gasteiger partial charge in [0.15, 0.2) is 0 Å². The van der Waals surface area contributed by atoms with E-state index in [1.807, 2.05) is 60.7 Å². The van der Waals surface area contributed by atoms with Crippen LogP contribution < -0.4 is 16.0 Å². The Bertz CT molecular complexity index is 1170. The van der Waals surface area contributed by atoms with E-state index in [4.69, 9.17) is 0 Å². The van der Waals surface area contributed by atoms with E-state index in [9.17, 15) is 4.79 Å². The van der Waals surface area contributed by atoms with E-state index in [-0.39, 0.29) is 6.03 Å². The van der Waals surface area contributed by atoms with Crippen molar-refractivity contribution in [2.24, 2.45) is 0 Å². The highest BCUT2D eigenvalue weighted by Gasteiger charge is 2.09. The number of nitrogens with one attached hydrogen (secondary N) is 3. The predicted octanol–water partition coefficient (Wildman–Crippen LogP) is 5.63. The monoisotopic (exact) mass is 383 g/mol. The van der Waals surface area contributed by atoms with E-state index in [0.29, 0.717) is 5.69 Å². The van der Waals surface area contributed by atoms with E-state index in [0.717, 1.165) is 28.1 Å². The highest BCUT2D eigenvalue weighted by Crippen LogP contribution is 2.27. The highest BCUT2D eigenvalue weighted by molar-refractivity contribution is 6.01. The van der Waals surface area contributed by atoms with Gasteiger partial charge < -0.3 is 16.0 Å². The van der Waals surface area contributed by atoms with Gasteiger partial charge in [0.2, 0.25) is 0 Å². The summed E-state index contributed by atoms with van der Waals surface area (Å²) in [5.41, 5.74) is 5.52. The number of hydrogen-bond acceptors (Lipinski definition) is 4. The number of carbonyl (C=O) groups is 1. The Morgan fingerprint density at radius 1 is 0.828 bits per heavy atom. The van der Waals surface area contributed by atoms with Crippen LogP contribution in [0.3, 0.4) is 0 Å². The zero-order valence-electron chi connectivity index (χ0n) is 16.2. The summed E-state index contributed by atoms with van der Waals surface area (Å²) in [6.45, 7) is 4.16. The SMILES string of the molecule is Cc1cccc(Nc2ncnc3cc(NC(=O)Nc4ccccc4)ccc23)c1C. The molecule has 29 heavy (non-hydrogen) atoms. The van der Waals surface area contributed by atoms with Gasteiger partial charge in [-0.2, -0.15) is 0 Å². The molecule has 0 fully saturated rings. The molecule has 0 spiro atoms. The van der Waals surface area contributed by atoms with Crippen LogP contribution in [0.25, 0.3) is 10.9 Å². The third-order valence-electron chi connectivity index (χ3n) is 4.78. The van der Waals surface area contributed by atoms with E-state index < -0.39 is 0 Å². The van der Waals surface area contributed by atoms with Gasteiger partial charge in [0, 0.05) is 22.4 Å². The number of hydrogen-bond donors (Lipinski definition) is 3. The summed E-state index contributed by atoms with van der Waals surface area (Å²) in [5, 5.41) is 9.91. The lowest BCUT2D eigenvalue weighted by atomic mass is 10.1. The first kappa shape index (κ1) is 18.4. The molecule has 0 saturated heterocycles. The number of aromatic nitrogens is 2. The average Bonchev–Trinajstić information content (AvgIpc) is 2.72. The summed E-state index contributed by atoms with van der Waals surface area (Å²) in [6.07, 6.45) is 1.52. The van der Waals surface area contributed by atoms with Crippen LogP contribution >= 0.6 is 0 Å². The van der Waals surface area contributed by atoms with Crippen LogP contribution in [0.15, 0.2) is 73.1 Å². The van der Waals surface area contributed by atoms with Crippen molar-refractivity contribution >= 4 is 39.8 Å². The van der Waals surface area contributed by atoms with Crippen LogP contribution in [-0.2, 0) is 0 Å². The summed E-state index contributed by atoms with van der Waals surface area (Å²) >= 11 is 0. The van der Waals surface area contributed by atoms with Crippen LogP contribution in [0.5, 0.6) is 0 Å². The van der Waals surface area contributed by atoms with Crippen LogP contribution in [0.1, 0.15) is 11.1 Å². The van der Waals surface area contributed by atoms with Gasteiger partial charge in [-0.3, -0.25) is 0 Å². The first-order chi connectivity index (χ1) is 14.1. The molecule has 4 aromatic rings. The lowest BCUT2D eigenvalue weighted by Crippen LogP contribution is -2.19. The van der Waals surface area contributed by atoms with Crippen molar-refractivity contribution < 1.29 is 4.79 Å². The molecule has 0 atom stereocenters. The zero-order valence-corrected chi connectivity index (χ0v) is 16.2. The molecule has 1 aromatic heterocycles. The van der Waals surface area contributed by atoms with Crippen molar-refractivity contribution in [1.29, 1.82) is 0 Å². The second kappa shape index (κ2) is 7.98. The number of urea groups is 1. The molecule has 0 bridgehead atoms. The Morgan fingerprint density at radius 2 is 1.62 bits per heavy atom. The van der Waals surface area contributed by atoms with Crippen molar-refractivity contribution in [3.8, 4) is 0 Å². The molecule has 4 rings (SSSR count). The molecule has 0 unspecified atom stereocenters. The fraction of sp³-hybridized carbons (Fsp3) is 0.0870. The smallest absolute Gasteiger partial charge is 0.323 e. The van der Waals surface area contributed by atoms with Gasteiger partial charge in [0.25, 0.3) is 0 Å². The van der Waals surface area contributed by atoms with E-state index in [1.165, 1.54) is 17.5 Å². The number of fused-ring (bicyclic) bond motifs is 1. The molecular weight excluding hydrogens is 362 g/mol. The van der Waals surface area contributed by atoms with Crippen molar-refractivity contribution in [2.75, 3.05) is 16.0 Å². The number of anilines is 4. The van der Waals surface area contributed by atoms with Crippen LogP contribution in [0.4, 0.5) is 27.7 Å². The summed E-state index contributed by atoms with van der Waals surface area (Å²) in [6, 6.07) is 20.7. The Hall–Kier alpha value is -3.93. The Kier molecular flexibility index (Phi) is 5.07. The molecule has 0 radical (unpaired) electrons. The van der Waals surface area contributed by atoms with Crippen molar-refractivity contribution in [3.05, 3.63) is 84.2 Å². The number of carbonyl (C=O) groups excluding carboxylic acids is 1. The highest BCUT2D eigenvalue weighted by atomic mass is 16.2. The first-order valence-electron chi connectivity index (χ1n) is 9.31. The lowest BCUT2D eigenvalue weighted by Gasteiger charge is -2.13. The Morgan fingerprint density at radius 3 is 2.45 bits per heavy atom. The Labute approximate surface area is 169 Å². The lowest BCUT2D eigenvalue weighted by molar-refractivity contribution is 0.262. The van der Waals surface area contributed by atoms with Gasteiger partial charge in [-0.1, -0.05) is 30.3 Å². The molecule has 0 aliphatic heterocycles. The number of para-hydroxylation sites is 1. The largest absolute Gasteiger partial charge is 0.339 e. The minimum Gasteiger partial charge on any atom is -0.339 e. The van der Waals surface area contributed by atoms with Gasteiger partial charge in [0.05, 0.1) is 5.52 Å². The molecule has 6 heteroatoms. The standard InChI is InChI=1S/C23H21N5O/c1-15-7-6-10-20(16(15)2)28-22-19-12-11-18(13-21(19)24-14-25-22)27-23(29)26-17-8-4-3-5-9-17/h3-14H,1-2H3,(H,24,25,28)(H2,26,27,29). The molecule has 3 N–H and O–H groups in total. The third-order valence-corrected chi connectivity index (χ3v) is 4.78. The molecule has 0 saturated carbocycles. The molecule has 1 heterocycles. The average molecular weight is 383 g/mol. The molecule has 144 valence electrons. The van der Waals surface area contributed by atoms with Crippen LogP contribution in [-0.4, -0.2) is 16.0 Å². The Balaban J connectivity index is 1.56. The second-order valence-corrected chi connectivity index (χ2v) is 6.77. The molecule has 0 aliphatic carbocycles.